The van der Waals surface area contributed by atoms with Crippen molar-refractivity contribution in [1.29, 1.82) is 0 Å². The highest BCUT2D eigenvalue weighted by Crippen LogP contribution is 2.26. The number of hydrogen-bond acceptors (Lipinski definition) is 2. The SMILES string of the molecule is ClC1=CN(Cl)CN(Cl)C1Cl. The first kappa shape index (κ1) is 8.75. The van der Waals surface area contributed by atoms with Crippen molar-refractivity contribution in [3.8, 4) is 0 Å². The molecule has 0 N–H and O–H groups in total. The second-order valence-electron chi connectivity index (χ2n) is 1.79. The van der Waals surface area contributed by atoms with Crippen molar-refractivity contribution in [2.45, 2.75) is 5.50 Å². The van der Waals surface area contributed by atoms with Crippen molar-refractivity contribution in [1.82, 2.24) is 8.84 Å². The lowest BCUT2D eigenvalue weighted by Gasteiger charge is -2.27. The molecule has 0 radical (unpaired) electrons. The maximum atomic E-state index is 5.69. The molecule has 0 spiro atoms. The predicted octanol–water partition coefficient (Wildman–Crippen LogP) is 2.51. The largest absolute Gasteiger partial charge is 0.276 e. The third-order valence-corrected chi connectivity index (χ3v) is 2.50. The number of rotatable bonds is 0. The van der Waals surface area contributed by atoms with Crippen LogP contribution in [0.15, 0.2) is 11.2 Å². The smallest absolute Gasteiger partial charge is 0.138 e. The lowest BCUT2D eigenvalue weighted by atomic mass is 10.5. The highest BCUT2D eigenvalue weighted by atomic mass is 35.5. The third-order valence-electron chi connectivity index (χ3n) is 1.01. The van der Waals surface area contributed by atoms with E-state index in [1.165, 1.54) is 15.0 Å². The quantitative estimate of drug-likeness (QED) is 0.353. The summed E-state index contributed by atoms with van der Waals surface area (Å²) >= 11 is 22.5. The lowest BCUT2D eigenvalue weighted by molar-refractivity contribution is 0.340. The topological polar surface area (TPSA) is 6.48 Å². The molecule has 1 aliphatic rings. The van der Waals surface area contributed by atoms with Gasteiger partial charge in [-0.3, -0.25) is 4.42 Å². The molecular formula is C4H4Cl4N2. The minimum atomic E-state index is -0.474. The molecule has 6 heteroatoms. The fourth-order valence-electron chi connectivity index (χ4n) is 0.571. The number of alkyl halides is 1. The van der Waals surface area contributed by atoms with Gasteiger partial charge in [0.05, 0.1) is 5.03 Å². The number of hydrogen-bond donors (Lipinski definition) is 0. The fraction of sp³-hybridized carbons (Fsp3) is 0.500. The maximum Gasteiger partial charge on any atom is 0.138 e. The summed E-state index contributed by atoms with van der Waals surface area (Å²) < 4.78 is 2.63. The maximum absolute atomic E-state index is 5.69. The first-order valence-corrected chi connectivity index (χ1v) is 3.96. The molecule has 0 saturated carbocycles. The van der Waals surface area contributed by atoms with Crippen LogP contribution in [-0.4, -0.2) is 21.0 Å². The molecule has 1 unspecified atom stereocenters. The van der Waals surface area contributed by atoms with Gasteiger partial charge in [0.2, 0.25) is 0 Å². The molecule has 2 nitrogen and oxygen atoms in total. The van der Waals surface area contributed by atoms with E-state index in [1.807, 2.05) is 0 Å². The van der Waals surface area contributed by atoms with E-state index in [4.69, 9.17) is 46.8 Å². The van der Waals surface area contributed by atoms with E-state index in [0.717, 1.165) is 0 Å². The van der Waals surface area contributed by atoms with E-state index in [0.29, 0.717) is 11.7 Å². The highest BCUT2D eigenvalue weighted by molar-refractivity contribution is 6.39. The number of nitrogens with zero attached hydrogens (tertiary/aromatic N) is 2. The fourth-order valence-corrected chi connectivity index (χ4v) is 1.52. The Labute approximate surface area is 79.1 Å². The summed E-state index contributed by atoms with van der Waals surface area (Å²) in [6.07, 6.45) is 1.53. The van der Waals surface area contributed by atoms with Crippen LogP contribution in [0, 0.1) is 0 Å². The van der Waals surface area contributed by atoms with E-state index < -0.39 is 5.50 Å². The molecular weight excluding hydrogens is 218 g/mol. The summed E-state index contributed by atoms with van der Waals surface area (Å²) in [6.45, 7) is 0.355. The van der Waals surface area contributed by atoms with Crippen LogP contribution < -0.4 is 0 Å². The second kappa shape index (κ2) is 3.37. The molecule has 58 valence electrons. The molecule has 0 aromatic carbocycles. The van der Waals surface area contributed by atoms with Gasteiger partial charge in [0, 0.05) is 18.0 Å². The Balaban J connectivity index is 2.71. The van der Waals surface area contributed by atoms with Crippen molar-refractivity contribution >= 4 is 46.8 Å². The van der Waals surface area contributed by atoms with Crippen LogP contribution in [-0.2, 0) is 0 Å². The van der Waals surface area contributed by atoms with Crippen LogP contribution in [0.2, 0.25) is 0 Å². The van der Waals surface area contributed by atoms with Crippen LogP contribution in [0.4, 0.5) is 0 Å². The van der Waals surface area contributed by atoms with Crippen molar-refractivity contribution in [3.63, 3.8) is 0 Å². The van der Waals surface area contributed by atoms with Gasteiger partial charge in [-0.2, -0.15) is 4.42 Å². The van der Waals surface area contributed by atoms with Crippen molar-refractivity contribution < 1.29 is 0 Å². The van der Waals surface area contributed by atoms with E-state index in [1.54, 1.807) is 0 Å². The van der Waals surface area contributed by atoms with Crippen LogP contribution >= 0.6 is 46.8 Å². The second-order valence-corrected chi connectivity index (χ2v) is 3.51. The van der Waals surface area contributed by atoms with E-state index >= 15 is 0 Å². The Morgan fingerprint density at radius 1 is 1.50 bits per heavy atom. The molecule has 1 rings (SSSR count). The molecule has 1 heterocycles. The van der Waals surface area contributed by atoms with Gasteiger partial charge in [-0.05, 0) is 11.8 Å². The standard InChI is InChI=1S/C4H4Cl4N2/c5-3-1-9(7)2-10(8)4(3)6/h1,4H,2H2. The van der Waals surface area contributed by atoms with E-state index in [9.17, 15) is 0 Å². The van der Waals surface area contributed by atoms with Crippen molar-refractivity contribution in [3.05, 3.63) is 11.2 Å². The molecule has 0 amide bonds. The molecule has 10 heavy (non-hydrogen) atoms. The summed E-state index contributed by atoms with van der Waals surface area (Å²) in [5.41, 5.74) is -0.474. The van der Waals surface area contributed by atoms with Crippen molar-refractivity contribution in [2.24, 2.45) is 0 Å². The average molecular weight is 222 g/mol. The van der Waals surface area contributed by atoms with Gasteiger partial charge in [-0.1, -0.05) is 23.2 Å². The molecule has 0 aliphatic carbocycles. The number of halogens is 4. The molecule has 1 aliphatic heterocycles. The van der Waals surface area contributed by atoms with E-state index in [2.05, 4.69) is 0 Å². The molecule has 0 fully saturated rings. The van der Waals surface area contributed by atoms with Crippen LogP contribution in [0.25, 0.3) is 0 Å². The highest BCUT2D eigenvalue weighted by Gasteiger charge is 2.23. The third kappa shape index (κ3) is 1.83. The molecule has 0 aromatic heterocycles. The van der Waals surface area contributed by atoms with Gasteiger partial charge in [0.15, 0.2) is 0 Å². The van der Waals surface area contributed by atoms with Crippen LogP contribution in [0.3, 0.4) is 0 Å². The minimum absolute atomic E-state index is 0.355. The predicted molar refractivity (Wildman–Crippen MR) is 43.8 cm³/mol. The van der Waals surface area contributed by atoms with Crippen LogP contribution in [0.1, 0.15) is 0 Å². The van der Waals surface area contributed by atoms with Crippen LogP contribution in [0.5, 0.6) is 0 Å². The monoisotopic (exact) mass is 220 g/mol. The molecule has 1 atom stereocenters. The molecule has 0 bridgehead atoms. The Kier molecular flexibility index (Phi) is 2.95. The Morgan fingerprint density at radius 2 is 2.10 bits per heavy atom. The van der Waals surface area contributed by atoms with Gasteiger partial charge in [-0.25, -0.2) is 0 Å². The summed E-state index contributed by atoms with van der Waals surface area (Å²) in [7, 11) is 0. The zero-order valence-electron chi connectivity index (χ0n) is 4.77. The summed E-state index contributed by atoms with van der Waals surface area (Å²) in [6, 6.07) is 0. The molecule has 0 aromatic rings. The summed E-state index contributed by atoms with van der Waals surface area (Å²) in [5, 5.41) is 0.415. The summed E-state index contributed by atoms with van der Waals surface area (Å²) in [4.78, 5) is 0. The first-order valence-electron chi connectivity index (χ1n) is 2.47. The Morgan fingerprint density at radius 3 is 2.60 bits per heavy atom. The molecule has 0 saturated heterocycles. The van der Waals surface area contributed by atoms with Gasteiger partial charge in [0.1, 0.15) is 12.2 Å². The Bertz CT molecular complexity index is 159. The zero-order valence-corrected chi connectivity index (χ0v) is 7.79. The van der Waals surface area contributed by atoms with Gasteiger partial charge in [0.25, 0.3) is 0 Å². The lowest BCUT2D eigenvalue weighted by Crippen LogP contribution is -2.34. The van der Waals surface area contributed by atoms with Gasteiger partial charge < -0.3 is 0 Å². The van der Waals surface area contributed by atoms with E-state index in [-0.39, 0.29) is 0 Å². The van der Waals surface area contributed by atoms with Gasteiger partial charge >= 0.3 is 0 Å². The zero-order chi connectivity index (χ0) is 7.72. The normalized spacial score (nSPS) is 28.6. The van der Waals surface area contributed by atoms with Gasteiger partial charge in [-0.15, -0.1) is 0 Å². The van der Waals surface area contributed by atoms with Crippen molar-refractivity contribution in [2.75, 3.05) is 6.67 Å². The minimum Gasteiger partial charge on any atom is -0.276 e. The average Bonchev–Trinajstić information content (AvgIpc) is 1.82. The first-order chi connectivity index (χ1) is 4.61. The summed E-state index contributed by atoms with van der Waals surface area (Å²) in [5.74, 6) is 0. The Hall–Kier alpha value is 0.660.